The van der Waals surface area contributed by atoms with Crippen LogP contribution in [0.1, 0.15) is 44.7 Å². The first-order valence-corrected chi connectivity index (χ1v) is 17.5. The molecule has 0 bridgehead atoms. The van der Waals surface area contributed by atoms with E-state index in [1.807, 2.05) is 25.1 Å². The number of amides is 1. The number of pyridine rings is 1. The molecule has 0 aliphatic heterocycles. The predicted octanol–water partition coefficient (Wildman–Crippen LogP) is 4.15. The van der Waals surface area contributed by atoms with Crippen molar-refractivity contribution in [2.24, 2.45) is 0 Å². The molecule has 2 atom stereocenters. The van der Waals surface area contributed by atoms with Crippen molar-refractivity contribution in [1.82, 2.24) is 34.8 Å². The molecule has 0 aliphatic carbocycles. The lowest BCUT2D eigenvalue weighted by Crippen LogP contribution is -2.34. The number of thiazole rings is 1. The molecule has 0 saturated carbocycles. The number of nitrogens with zero attached hydrogens (tertiary/aromatic N) is 6. The van der Waals surface area contributed by atoms with Crippen molar-refractivity contribution in [3.63, 3.8) is 0 Å². The number of anilines is 2. The normalized spacial score (nSPS) is 12.8. The first kappa shape index (κ1) is 32.0. The second-order valence-electron chi connectivity index (χ2n) is 10.9. The third-order valence-electron chi connectivity index (χ3n) is 7.00. The smallest absolute Gasteiger partial charge is 0.274 e. The van der Waals surface area contributed by atoms with E-state index in [9.17, 15) is 13.8 Å². The Bertz CT molecular complexity index is 2430. The van der Waals surface area contributed by atoms with Crippen LogP contribution in [0, 0.1) is 18.8 Å². The summed E-state index contributed by atoms with van der Waals surface area (Å²) in [4.78, 5) is 50.6. The average Bonchev–Trinajstić information content (AvgIpc) is 3.48. The van der Waals surface area contributed by atoms with Gasteiger partial charge in [0.15, 0.2) is 11.5 Å². The Labute approximate surface area is 280 Å². The summed E-state index contributed by atoms with van der Waals surface area (Å²) >= 11 is 1.47. The number of aromatic nitrogens is 6. The molecule has 0 fully saturated rings. The van der Waals surface area contributed by atoms with Gasteiger partial charge in [0, 0.05) is 33.3 Å². The van der Waals surface area contributed by atoms with Crippen molar-refractivity contribution in [2.75, 3.05) is 16.7 Å². The number of fused-ring (bicyclic) bond motifs is 1. The Morgan fingerprint density at radius 1 is 1.04 bits per heavy atom. The van der Waals surface area contributed by atoms with Gasteiger partial charge in [0.05, 0.1) is 62.5 Å². The fourth-order valence-electron chi connectivity index (χ4n) is 4.94. The van der Waals surface area contributed by atoms with Crippen LogP contribution in [-0.2, 0) is 9.71 Å². The van der Waals surface area contributed by atoms with E-state index >= 15 is 0 Å². The maximum atomic E-state index is 14.3. The summed E-state index contributed by atoms with van der Waals surface area (Å²) in [6.07, 6.45) is 7.61. The molecule has 48 heavy (non-hydrogen) atoms. The van der Waals surface area contributed by atoms with Gasteiger partial charge in [0.1, 0.15) is 5.82 Å². The molecule has 0 radical (unpaired) electrons. The highest BCUT2D eigenvalue weighted by Gasteiger charge is 2.23. The van der Waals surface area contributed by atoms with Crippen LogP contribution >= 0.6 is 11.3 Å². The Kier molecular flexibility index (Phi) is 8.72. The molecule has 4 aromatic heterocycles. The molecule has 6 aromatic rings. The maximum Gasteiger partial charge on any atom is 0.274 e. The second kappa shape index (κ2) is 13.1. The van der Waals surface area contributed by atoms with E-state index in [-0.39, 0.29) is 22.9 Å². The number of hydrogen-bond acceptors (Lipinski definition) is 10. The van der Waals surface area contributed by atoms with Crippen LogP contribution in [0.5, 0.6) is 0 Å². The standard InChI is InChI=1S/C34H29N9O3S2/c1-20(39-33(44)30-31(35)38-19-28(40-30)23-15-24(17-36-16-23)42-48(3,4)46)32-41-27-12-8-9-22(13-14-26-18-37-21(2)47-26)29(27)34(45)43(32)25-10-6-5-7-11-25/h5-12,15-20H,3H2,1-2,4H3,(H2,35,38)(H,39,44)(H,42,46)/t20-,48?/m0/s1. The Morgan fingerprint density at radius 2 is 1.83 bits per heavy atom. The summed E-state index contributed by atoms with van der Waals surface area (Å²) in [5, 5.41) is 4.13. The van der Waals surface area contributed by atoms with Crippen molar-refractivity contribution in [3.05, 3.63) is 117 Å². The molecule has 0 saturated heterocycles. The number of nitrogen functional groups attached to an aromatic ring is 1. The minimum atomic E-state index is -2.55. The minimum Gasteiger partial charge on any atom is -0.382 e. The number of carbonyl (C=O) groups is 1. The zero-order valence-electron chi connectivity index (χ0n) is 26.1. The molecule has 6 rings (SSSR count). The van der Waals surface area contributed by atoms with Crippen molar-refractivity contribution >= 4 is 55.2 Å². The Hall–Kier alpha value is -5.91. The summed E-state index contributed by atoms with van der Waals surface area (Å²) in [6.45, 7) is 3.62. The van der Waals surface area contributed by atoms with Crippen molar-refractivity contribution in [3.8, 4) is 28.8 Å². The third-order valence-corrected chi connectivity index (χ3v) is 8.49. The molecule has 240 valence electrons. The summed E-state index contributed by atoms with van der Waals surface area (Å²) < 4.78 is 16.4. The van der Waals surface area contributed by atoms with Gasteiger partial charge in [-0.05, 0) is 56.0 Å². The number of hydrogen-bond donors (Lipinski definition) is 3. The van der Waals surface area contributed by atoms with Crippen LogP contribution in [0.25, 0.3) is 27.8 Å². The number of nitrogens with one attached hydrogen (secondary N) is 2. The van der Waals surface area contributed by atoms with Crippen LogP contribution in [0.2, 0.25) is 0 Å². The quantitative estimate of drug-likeness (QED) is 0.166. The monoisotopic (exact) mass is 675 g/mol. The molecule has 0 aliphatic rings. The highest BCUT2D eigenvalue weighted by molar-refractivity contribution is 8.00. The summed E-state index contributed by atoms with van der Waals surface area (Å²) in [5.74, 6) is 9.39. The number of carbonyl (C=O) groups excluding carboxylic acids is 1. The third kappa shape index (κ3) is 6.92. The molecule has 2 aromatic carbocycles. The minimum absolute atomic E-state index is 0.0914. The Morgan fingerprint density at radius 3 is 2.56 bits per heavy atom. The van der Waals surface area contributed by atoms with Gasteiger partial charge in [0.25, 0.3) is 11.5 Å². The fraction of sp³-hybridized carbons (Fsp3) is 0.118. The molecule has 1 amide bonds. The number of nitrogens with two attached hydrogens (primary N) is 1. The van der Waals surface area contributed by atoms with Gasteiger partial charge in [-0.1, -0.05) is 30.2 Å². The number of para-hydroxylation sites is 1. The van der Waals surface area contributed by atoms with Gasteiger partial charge >= 0.3 is 0 Å². The van der Waals surface area contributed by atoms with Gasteiger partial charge < -0.3 is 15.8 Å². The van der Waals surface area contributed by atoms with Gasteiger partial charge in [-0.3, -0.25) is 19.1 Å². The van der Waals surface area contributed by atoms with Gasteiger partial charge in [0.2, 0.25) is 0 Å². The molecule has 4 N–H and O–H groups in total. The number of rotatable bonds is 7. The summed E-state index contributed by atoms with van der Waals surface area (Å²) in [6, 6.07) is 15.2. The molecular formula is C34H29N9O3S2. The van der Waals surface area contributed by atoms with E-state index in [2.05, 4.69) is 47.7 Å². The highest BCUT2D eigenvalue weighted by atomic mass is 32.2. The summed E-state index contributed by atoms with van der Waals surface area (Å²) in [7, 11) is -2.55. The second-order valence-corrected chi connectivity index (χ2v) is 14.3. The molecule has 1 unspecified atom stereocenters. The molecule has 14 heteroatoms. The van der Waals surface area contributed by atoms with Crippen LogP contribution in [0.3, 0.4) is 0 Å². The first-order chi connectivity index (χ1) is 23.0. The van der Waals surface area contributed by atoms with Crippen molar-refractivity contribution in [1.29, 1.82) is 0 Å². The molecule has 4 heterocycles. The van der Waals surface area contributed by atoms with E-state index < -0.39 is 21.7 Å². The van der Waals surface area contributed by atoms with Crippen LogP contribution in [-0.4, -0.2) is 51.7 Å². The van der Waals surface area contributed by atoms with Crippen molar-refractivity contribution < 1.29 is 9.00 Å². The van der Waals surface area contributed by atoms with Crippen LogP contribution in [0.4, 0.5) is 11.5 Å². The lowest BCUT2D eigenvalue weighted by atomic mass is 10.1. The SMILES string of the molecule is C=S(C)(=O)Nc1cncc(-c2cnc(N)c(C(=O)N[C@@H](C)c3nc4cccc(C#Cc5cnc(C)s5)c4c(=O)n3-c3ccccc3)n2)c1. The summed E-state index contributed by atoms with van der Waals surface area (Å²) in [5.41, 5.74) is 8.44. The van der Waals surface area contributed by atoms with Gasteiger partial charge in [-0.2, -0.15) is 0 Å². The maximum absolute atomic E-state index is 14.3. The van der Waals surface area contributed by atoms with Crippen LogP contribution < -0.4 is 21.3 Å². The van der Waals surface area contributed by atoms with Gasteiger partial charge in [-0.15, -0.1) is 11.3 Å². The number of aryl methyl sites for hydroxylation is 1. The van der Waals surface area contributed by atoms with Gasteiger partial charge in [-0.25, -0.2) is 24.1 Å². The number of benzene rings is 2. The average molecular weight is 676 g/mol. The van der Waals surface area contributed by atoms with Crippen molar-refractivity contribution in [2.45, 2.75) is 19.9 Å². The molecular weight excluding hydrogens is 647 g/mol. The van der Waals surface area contributed by atoms with E-state index in [1.165, 1.54) is 40.8 Å². The van der Waals surface area contributed by atoms with E-state index in [0.717, 1.165) is 9.88 Å². The topological polar surface area (TPSA) is 171 Å². The lowest BCUT2D eigenvalue weighted by molar-refractivity contribution is 0.0933. The van der Waals surface area contributed by atoms with E-state index in [4.69, 9.17) is 10.7 Å². The largest absolute Gasteiger partial charge is 0.382 e. The molecule has 0 spiro atoms. The zero-order valence-corrected chi connectivity index (χ0v) is 27.7. The zero-order chi connectivity index (χ0) is 34.0. The van der Waals surface area contributed by atoms with E-state index in [0.29, 0.717) is 39.1 Å². The lowest BCUT2D eigenvalue weighted by Gasteiger charge is -2.20. The molecule has 12 nitrogen and oxygen atoms in total. The fourth-order valence-corrected chi connectivity index (χ4v) is 6.18. The Balaban J connectivity index is 1.38. The first-order valence-electron chi connectivity index (χ1n) is 14.5. The van der Waals surface area contributed by atoms with E-state index in [1.54, 1.807) is 49.5 Å². The van der Waals surface area contributed by atoms with Crippen LogP contribution in [0.15, 0.2) is 84.2 Å². The highest BCUT2D eigenvalue weighted by Crippen LogP contribution is 2.24. The predicted molar refractivity (Wildman–Crippen MR) is 191 cm³/mol.